The van der Waals surface area contributed by atoms with Gasteiger partial charge in [-0.1, -0.05) is 54.1 Å². The Kier molecular flexibility index (Phi) is 4.27. The molecule has 0 atom stereocenters. The van der Waals surface area contributed by atoms with E-state index < -0.39 is 0 Å². The van der Waals surface area contributed by atoms with Gasteiger partial charge in [0.25, 0.3) is 0 Å². The predicted molar refractivity (Wildman–Crippen MR) is 98.9 cm³/mol. The standard InChI is InChI=1S/C22H23Cl/c23-20-14-12-17(13-15-20)16-8-10-19(11-9-16)22-7-3-5-18-4-1-2-6-21(18)22/h1-2,4,6-7,12-16,19H,3,5,8-11H2. The number of hydrogen-bond acceptors (Lipinski definition) is 0. The van der Waals surface area contributed by atoms with Crippen LogP contribution >= 0.6 is 11.6 Å². The maximum atomic E-state index is 6.02. The van der Waals surface area contributed by atoms with Gasteiger partial charge >= 0.3 is 0 Å². The monoisotopic (exact) mass is 322 g/mol. The fourth-order valence-corrected chi connectivity index (χ4v) is 4.50. The molecule has 2 aliphatic carbocycles. The van der Waals surface area contributed by atoms with Gasteiger partial charge in [-0.2, -0.15) is 0 Å². The second kappa shape index (κ2) is 6.53. The predicted octanol–water partition coefficient (Wildman–Crippen LogP) is 6.64. The van der Waals surface area contributed by atoms with Crippen LogP contribution in [-0.2, 0) is 6.42 Å². The second-order valence-electron chi connectivity index (χ2n) is 6.96. The summed E-state index contributed by atoms with van der Waals surface area (Å²) >= 11 is 6.02. The number of halogens is 1. The molecule has 118 valence electrons. The minimum absolute atomic E-state index is 0.711. The highest BCUT2D eigenvalue weighted by atomic mass is 35.5. The highest BCUT2D eigenvalue weighted by molar-refractivity contribution is 6.30. The molecular formula is C22H23Cl. The van der Waals surface area contributed by atoms with Gasteiger partial charge in [0.1, 0.15) is 0 Å². The quantitative estimate of drug-likeness (QED) is 0.581. The Morgan fingerprint density at radius 3 is 2.26 bits per heavy atom. The van der Waals surface area contributed by atoms with Crippen LogP contribution in [0.2, 0.25) is 5.02 Å². The minimum atomic E-state index is 0.711. The van der Waals surface area contributed by atoms with Gasteiger partial charge in [-0.15, -0.1) is 0 Å². The third-order valence-electron chi connectivity index (χ3n) is 5.61. The summed E-state index contributed by atoms with van der Waals surface area (Å²) in [4.78, 5) is 0. The SMILES string of the molecule is Clc1ccc(C2CCC(C3=CCCc4ccccc43)CC2)cc1. The summed E-state index contributed by atoms with van der Waals surface area (Å²) in [5.41, 5.74) is 6.16. The molecule has 2 aromatic carbocycles. The van der Waals surface area contributed by atoms with Crippen molar-refractivity contribution in [3.8, 4) is 0 Å². The summed E-state index contributed by atoms with van der Waals surface area (Å²) in [5.74, 6) is 1.46. The lowest BCUT2D eigenvalue weighted by atomic mass is 9.72. The van der Waals surface area contributed by atoms with Crippen LogP contribution in [0, 0.1) is 5.92 Å². The summed E-state index contributed by atoms with van der Waals surface area (Å²) < 4.78 is 0. The molecule has 0 aliphatic heterocycles. The Morgan fingerprint density at radius 1 is 0.783 bits per heavy atom. The molecule has 23 heavy (non-hydrogen) atoms. The zero-order valence-electron chi connectivity index (χ0n) is 13.5. The van der Waals surface area contributed by atoms with Crippen molar-refractivity contribution in [3.05, 3.63) is 76.3 Å². The van der Waals surface area contributed by atoms with Crippen LogP contribution in [0.3, 0.4) is 0 Å². The lowest BCUT2D eigenvalue weighted by Crippen LogP contribution is -2.16. The largest absolute Gasteiger partial charge is 0.0843 e. The first kappa shape index (κ1) is 15.0. The van der Waals surface area contributed by atoms with Crippen molar-refractivity contribution >= 4 is 17.2 Å². The van der Waals surface area contributed by atoms with E-state index in [9.17, 15) is 0 Å². The summed E-state index contributed by atoms with van der Waals surface area (Å²) in [5, 5.41) is 0.839. The molecular weight excluding hydrogens is 300 g/mol. The Hall–Kier alpha value is -1.53. The van der Waals surface area contributed by atoms with Crippen LogP contribution in [0.25, 0.3) is 5.57 Å². The maximum Gasteiger partial charge on any atom is 0.0406 e. The van der Waals surface area contributed by atoms with Gasteiger partial charge in [-0.05, 0) is 84.8 Å². The lowest BCUT2D eigenvalue weighted by molar-refractivity contribution is 0.383. The molecule has 0 saturated heterocycles. The van der Waals surface area contributed by atoms with E-state index in [1.54, 1.807) is 11.1 Å². The van der Waals surface area contributed by atoms with Gasteiger partial charge in [-0.3, -0.25) is 0 Å². The molecule has 0 amide bonds. The lowest BCUT2D eigenvalue weighted by Gasteiger charge is -2.32. The molecule has 1 heteroatoms. The first-order valence-electron chi connectivity index (χ1n) is 8.85. The van der Waals surface area contributed by atoms with Gasteiger partial charge in [0, 0.05) is 5.02 Å². The van der Waals surface area contributed by atoms with Gasteiger partial charge in [0.05, 0.1) is 0 Å². The zero-order chi connectivity index (χ0) is 15.6. The van der Waals surface area contributed by atoms with Crippen molar-refractivity contribution in [2.75, 3.05) is 0 Å². The smallest absolute Gasteiger partial charge is 0.0406 e. The summed E-state index contributed by atoms with van der Waals surface area (Å²) in [7, 11) is 0. The molecule has 1 fully saturated rings. The van der Waals surface area contributed by atoms with E-state index in [1.807, 2.05) is 12.1 Å². The van der Waals surface area contributed by atoms with Crippen LogP contribution in [0.4, 0.5) is 0 Å². The Labute approximate surface area is 144 Å². The van der Waals surface area contributed by atoms with E-state index in [0.29, 0.717) is 5.92 Å². The van der Waals surface area contributed by atoms with Crippen molar-refractivity contribution < 1.29 is 0 Å². The number of aryl methyl sites for hydroxylation is 1. The summed E-state index contributed by atoms with van der Waals surface area (Å²) in [6, 6.07) is 17.5. The minimum Gasteiger partial charge on any atom is -0.0843 e. The van der Waals surface area contributed by atoms with Crippen LogP contribution < -0.4 is 0 Å². The Morgan fingerprint density at radius 2 is 1.48 bits per heavy atom. The van der Waals surface area contributed by atoms with Crippen LogP contribution in [0.5, 0.6) is 0 Å². The average molecular weight is 323 g/mol. The van der Waals surface area contributed by atoms with E-state index in [2.05, 4.69) is 42.5 Å². The van der Waals surface area contributed by atoms with E-state index in [1.165, 1.54) is 49.7 Å². The molecule has 0 spiro atoms. The van der Waals surface area contributed by atoms with E-state index >= 15 is 0 Å². The number of allylic oxidation sites excluding steroid dienone is 2. The maximum absolute atomic E-state index is 6.02. The molecule has 0 aromatic heterocycles. The number of fused-ring (bicyclic) bond motifs is 1. The average Bonchev–Trinajstić information content (AvgIpc) is 2.62. The summed E-state index contributed by atoms with van der Waals surface area (Å²) in [6.07, 6.45) is 10.2. The topological polar surface area (TPSA) is 0 Å². The highest BCUT2D eigenvalue weighted by Gasteiger charge is 2.27. The van der Waals surface area contributed by atoms with Crippen molar-refractivity contribution in [1.82, 2.24) is 0 Å². The van der Waals surface area contributed by atoms with Crippen LogP contribution in [-0.4, -0.2) is 0 Å². The second-order valence-corrected chi connectivity index (χ2v) is 7.39. The highest BCUT2D eigenvalue weighted by Crippen LogP contribution is 2.43. The van der Waals surface area contributed by atoms with Gasteiger partial charge in [0.2, 0.25) is 0 Å². The van der Waals surface area contributed by atoms with Crippen molar-refractivity contribution in [1.29, 1.82) is 0 Å². The normalized spacial score (nSPS) is 24.0. The molecule has 1 saturated carbocycles. The molecule has 0 bridgehead atoms. The molecule has 0 N–H and O–H groups in total. The molecule has 0 unspecified atom stereocenters. The van der Waals surface area contributed by atoms with E-state index in [4.69, 9.17) is 11.6 Å². The van der Waals surface area contributed by atoms with E-state index in [0.717, 1.165) is 10.9 Å². The van der Waals surface area contributed by atoms with Crippen LogP contribution in [0.1, 0.15) is 54.7 Å². The Bertz CT molecular complexity index is 703. The fourth-order valence-electron chi connectivity index (χ4n) is 4.37. The zero-order valence-corrected chi connectivity index (χ0v) is 14.2. The fraction of sp³-hybridized carbons (Fsp3) is 0.364. The third kappa shape index (κ3) is 3.10. The van der Waals surface area contributed by atoms with Crippen molar-refractivity contribution in [3.63, 3.8) is 0 Å². The number of hydrogen-bond donors (Lipinski definition) is 0. The molecule has 0 radical (unpaired) electrons. The van der Waals surface area contributed by atoms with E-state index in [-0.39, 0.29) is 0 Å². The van der Waals surface area contributed by atoms with Crippen molar-refractivity contribution in [2.45, 2.75) is 44.4 Å². The van der Waals surface area contributed by atoms with Gasteiger partial charge in [0.15, 0.2) is 0 Å². The number of rotatable bonds is 2. The Balaban J connectivity index is 1.48. The van der Waals surface area contributed by atoms with Gasteiger partial charge < -0.3 is 0 Å². The molecule has 0 heterocycles. The molecule has 2 aromatic rings. The molecule has 0 nitrogen and oxygen atoms in total. The first-order valence-corrected chi connectivity index (χ1v) is 9.23. The summed E-state index contributed by atoms with van der Waals surface area (Å²) in [6.45, 7) is 0. The number of benzene rings is 2. The van der Waals surface area contributed by atoms with Crippen LogP contribution in [0.15, 0.2) is 54.6 Å². The van der Waals surface area contributed by atoms with Gasteiger partial charge in [-0.25, -0.2) is 0 Å². The van der Waals surface area contributed by atoms with Crippen molar-refractivity contribution in [2.24, 2.45) is 5.92 Å². The molecule has 2 aliphatic rings. The molecule has 4 rings (SSSR count). The third-order valence-corrected chi connectivity index (χ3v) is 5.87. The first-order chi connectivity index (χ1) is 11.3.